The second-order valence-electron chi connectivity index (χ2n) is 6.21. The number of nitrogens with one attached hydrogen (secondary N) is 3. The van der Waals surface area contributed by atoms with Crippen molar-refractivity contribution in [1.82, 2.24) is 10.0 Å². The summed E-state index contributed by atoms with van der Waals surface area (Å²) in [5.41, 5.74) is 0.388. The Morgan fingerprint density at radius 1 is 1.25 bits per heavy atom. The van der Waals surface area contributed by atoms with Gasteiger partial charge in [0, 0.05) is 31.7 Å². The lowest BCUT2D eigenvalue weighted by atomic mass is 9.80. The van der Waals surface area contributed by atoms with Crippen LogP contribution in [0.15, 0.2) is 29.2 Å². The molecule has 0 aliphatic carbocycles. The van der Waals surface area contributed by atoms with E-state index in [2.05, 4.69) is 15.4 Å². The molecule has 1 aliphatic heterocycles. The number of sulfonamides is 1. The minimum Gasteiger partial charge on any atom is -0.384 e. The van der Waals surface area contributed by atoms with Crippen LogP contribution in [0.25, 0.3) is 0 Å². The summed E-state index contributed by atoms with van der Waals surface area (Å²) < 4.78 is 33.0. The summed E-state index contributed by atoms with van der Waals surface area (Å²) in [6.45, 7) is 3.99. The number of piperidine rings is 1. The Balaban J connectivity index is 2.05. The summed E-state index contributed by atoms with van der Waals surface area (Å²) >= 11 is 0. The minimum atomic E-state index is -3.60. The molecule has 1 heterocycles. The molecule has 0 bridgehead atoms. The highest BCUT2D eigenvalue weighted by Crippen LogP contribution is 2.29. The molecular formula is C16H25N3O4S. The predicted molar refractivity (Wildman–Crippen MR) is 92.3 cm³/mol. The minimum absolute atomic E-state index is 0.177. The number of rotatable bonds is 7. The molecule has 3 N–H and O–H groups in total. The zero-order chi connectivity index (χ0) is 17.6. The lowest BCUT2D eigenvalue weighted by molar-refractivity contribution is -0.114. The Labute approximate surface area is 143 Å². The highest BCUT2D eigenvalue weighted by atomic mass is 32.2. The zero-order valence-corrected chi connectivity index (χ0v) is 14.9. The van der Waals surface area contributed by atoms with Crippen molar-refractivity contribution in [2.24, 2.45) is 5.41 Å². The van der Waals surface area contributed by atoms with Crippen LogP contribution in [0.1, 0.15) is 19.8 Å². The first-order valence-electron chi connectivity index (χ1n) is 7.94. The van der Waals surface area contributed by atoms with Gasteiger partial charge in [-0.2, -0.15) is 0 Å². The first kappa shape index (κ1) is 18.9. The molecule has 0 unspecified atom stereocenters. The van der Waals surface area contributed by atoms with Crippen LogP contribution in [-0.4, -0.2) is 47.7 Å². The lowest BCUT2D eigenvalue weighted by Gasteiger charge is -2.37. The molecule has 1 aliphatic rings. The number of benzene rings is 1. The average Bonchev–Trinajstić information content (AvgIpc) is 2.54. The Bertz CT molecular complexity index is 647. The molecule has 8 heteroatoms. The normalized spacial score (nSPS) is 17.4. The number of hydrogen-bond acceptors (Lipinski definition) is 5. The van der Waals surface area contributed by atoms with E-state index in [1.54, 1.807) is 19.2 Å². The van der Waals surface area contributed by atoms with E-state index in [0.29, 0.717) is 18.8 Å². The van der Waals surface area contributed by atoms with E-state index in [-0.39, 0.29) is 16.2 Å². The van der Waals surface area contributed by atoms with E-state index in [0.717, 1.165) is 25.9 Å². The van der Waals surface area contributed by atoms with E-state index in [9.17, 15) is 13.2 Å². The number of hydrogen-bond donors (Lipinski definition) is 3. The van der Waals surface area contributed by atoms with Gasteiger partial charge < -0.3 is 15.4 Å². The highest BCUT2D eigenvalue weighted by Gasteiger charge is 2.33. The number of methoxy groups -OCH3 is 1. The molecule has 7 nitrogen and oxygen atoms in total. The van der Waals surface area contributed by atoms with Gasteiger partial charge in [0.2, 0.25) is 15.9 Å². The Morgan fingerprint density at radius 3 is 2.42 bits per heavy atom. The maximum Gasteiger partial charge on any atom is 0.240 e. The molecular weight excluding hydrogens is 330 g/mol. The van der Waals surface area contributed by atoms with Crippen molar-refractivity contribution in [3.8, 4) is 0 Å². The van der Waals surface area contributed by atoms with Gasteiger partial charge in [-0.1, -0.05) is 0 Å². The van der Waals surface area contributed by atoms with Crippen molar-refractivity contribution in [2.75, 3.05) is 38.7 Å². The van der Waals surface area contributed by atoms with E-state index in [4.69, 9.17) is 4.74 Å². The van der Waals surface area contributed by atoms with Gasteiger partial charge >= 0.3 is 0 Å². The summed E-state index contributed by atoms with van der Waals surface area (Å²) in [6.07, 6.45) is 1.73. The van der Waals surface area contributed by atoms with Crippen LogP contribution in [0.4, 0.5) is 5.69 Å². The molecule has 1 saturated heterocycles. The fourth-order valence-electron chi connectivity index (χ4n) is 2.89. The monoisotopic (exact) mass is 355 g/mol. The molecule has 1 amide bonds. The third-order valence-electron chi connectivity index (χ3n) is 4.24. The molecule has 0 saturated carbocycles. The molecule has 134 valence electrons. The molecule has 1 aromatic carbocycles. The molecule has 0 atom stereocenters. The summed E-state index contributed by atoms with van der Waals surface area (Å²) in [7, 11) is -1.96. The maximum atomic E-state index is 12.5. The quantitative estimate of drug-likeness (QED) is 0.676. The number of amides is 1. The van der Waals surface area contributed by atoms with Gasteiger partial charge in [0.1, 0.15) is 0 Å². The van der Waals surface area contributed by atoms with Crippen molar-refractivity contribution in [3.05, 3.63) is 24.3 Å². The van der Waals surface area contributed by atoms with Crippen molar-refractivity contribution in [1.29, 1.82) is 0 Å². The molecule has 24 heavy (non-hydrogen) atoms. The SMILES string of the molecule is COCC1(CNS(=O)(=O)c2ccc(NC(C)=O)cc2)CCNCC1. The number of anilines is 1. The fourth-order valence-corrected chi connectivity index (χ4v) is 4.04. The third kappa shape index (κ3) is 5.01. The maximum absolute atomic E-state index is 12.5. The zero-order valence-electron chi connectivity index (χ0n) is 14.1. The van der Waals surface area contributed by atoms with Crippen LogP contribution < -0.4 is 15.4 Å². The third-order valence-corrected chi connectivity index (χ3v) is 5.65. The van der Waals surface area contributed by atoms with Crippen molar-refractivity contribution in [2.45, 2.75) is 24.7 Å². The van der Waals surface area contributed by atoms with Crippen LogP contribution >= 0.6 is 0 Å². The number of ether oxygens (including phenoxy) is 1. The molecule has 0 aromatic heterocycles. The second-order valence-corrected chi connectivity index (χ2v) is 7.98. The van der Waals surface area contributed by atoms with Crippen LogP contribution in [0.5, 0.6) is 0 Å². The Morgan fingerprint density at radius 2 is 1.88 bits per heavy atom. The van der Waals surface area contributed by atoms with E-state index >= 15 is 0 Å². The largest absolute Gasteiger partial charge is 0.384 e. The van der Waals surface area contributed by atoms with Crippen molar-refractivity contribution in [3.63, 3.8) is 0 Å². The molecule has 0 radical (unpaired) electrons. The van der Waals surface area contributed by atoms with E-state index in [1.807, 2.05) is 0 Å². The standard InChI is InChI=1S/C16H25N3O4S/c1-13(20)19-14-3-5-15(6-4-14)24(21,22)18-11-16(12-23-2)7-9-17-10-8-16/h3-6,17-18H,7-12H2,1-2H3,(H,19,20). The molecule has 2 rings (SSSR count). The first-order chi connectivity index (χ1) is 11.4. The summed E-state index contributed by atoms with van der Waals surface area (Å²) in [6, 6.07) is 6.12. The van der Waals surface area contributed by atoms with Gasteiger partial charge in [0.25, 0.3) is 0 Å². The van der Waals surface area contributed by atoms with Gasteiger partial charge in [-0.15, -0.1) is 0 Å². The molecule has 0 spiro atoms. The summed E-state index contributed by atoms with van der Waals surface area (Å²) in [5.74, 6) is -0.198. The molecule has 1 aromatic rings. The highest BCUT2D eigenvalue weighted by molar-refractivity contribution is 7.89. The van der Waals surface area contributed by atoms with Gasteiger partial charge in [-0.3, -0.25) is 4.79 Å². The number of carbonyl (C=O) groups excluding carboxylic acids is 1. The lowest BCUT2D eigenvalue weighted by Crippen LogP contribution is -2.47. The van der Waals surface area contributed by atoms with Gasteiger partial charge in [0.05, 0.1) is 11.5 Å². The van der Waals surface area contributed by atoms with E-state index in [1.165, 1.54) is 19.1 Å². The number of carbonyl (C=O) groups is 1. The van der Waals surface area contributed by atoms with Crippen molar-refractivity contribution < 1.29 is 17.9 Å². The van der Waals surface area contributed by atoms with Crippen molar-refractivity contribution >= 4 is 21.6 Å². The fraction of sp³-hybridized carbons (Fsp3) is 0.562. The Hall–Kier alpha value is -1.48. The van der Waals surface area contributed by atoms with Gasteiger partial charge in [-0.05, 0) is 50.2 Å². The molecule has 1 fully saturated rings. The van der Waals surface area contributed by atoms with Gasteiger partial charge in [-0.25, -0.2) is 13.1 Å². The van der Waals surface area contributed by atoms with Crippen LogP contribution in [-0.2, 0) is 19.6 Å². The summed E-state index contributed by atoms with van der Waals surface area (Å²) in [5, 5.41) is 5.89. The van der Waals surface area contributed by atoms with Crippen LogP contribution in [0, 0.1) is 5.41 Å². The smallest absolute Gasteiger partial charge is 0.240 e. The van der Waals surface area contributed by atoms with E-state index < -0.39 is 10.0 Å². The predicted octanol–water partition coefficient (Wildman–Crippen LogP) is 0.940. The van der Waals surface area contributed by atoms with Crippen LogP contribution in [0.3, 0.4) is 0 Å². The van der Waals surface area contributed by atoms with Crippen LogP contribution in [0.2, 0.25) is 0 Å². The summed E-state index contributed by atoms with van der Waals surface area (Å²) in [4.78, 5) is 11.2. The Kier molecular flexibility index (Phi) is 6.34. The first-order valence-corrected chi connectivity index (χ1v) is 9.42. The second kappa shape index (κ2) is 8.06. The van der Waals surface area contributed by atoms with Gasteiger partial charge in [0.15, 0.2) is 0 Å². The average molecular weight is 355 g/mol. The topological polar surface area (TPSA) is 96.5 Å².